The van der Waals surface area contributed by atoms with E-state index in [1.54, 1.807) is 0 Å². The molecule has 0 bridgehead atoms. The van der Waals surface area contributed by atoms with Crippen molar-refractivity contribution in [1.29, 1.82) is 0 Å². The lowest BCUT2D eigenvalue weighted by molar-refractivity contribution is 0.229. The Morgan fingerprint density at radius 1 is 1.25 bits per heavy atom. The summed E-state index contributed by atoms with van der Waals surface area (Å²) in [6.45, 7) is 8.16. The molecule has 0 radical (unpaired) electrons. The summed E-state index contributed by atoms with van der Waals surface area (Å²) < 4.78 is 0. The van der Waals surface area contributed by atoms with Crippen LogP contribution in [0.4, 0.5) is 0 Å². The molecule has 0 spiro atoms. The molecule has 0 aromatic carbocycles. The molecule has 1 rings (SSSR count). The van der Waals surface area contributed by atoms with Gasteiger partial charge in [-0.2, -0.15) is 0 Å². The zero-order valence-electron chi connectivity index (χ0n) is 8.77. The second-order valence-corrected chi connectivity index (χ2v) is 4.36. The van der Waals surface area contributed by atoms with Crippen LogP contribution in [0.25, 0.3) is 0 Å². The number of nitrogens with one attached hydrogen (secondary N) is 1. The van der Waals surface area contributed by atoms with Crippen molar-refractivity contribution < 1.29 is 0 Å². The van der Waals surface area contributed by atoms with Crippen molar-refractivity contribution in [2.75, 3.05) is 6.54 Å². The summed E-state index contributed by atoms with van der Waals surface area (Å²) in [6, 6.07) is 0.848. The van der Waals surface area contributed by atoms with Gasteiger partial charge in [-0.25, -0.2) is 0 Å². The van der Waals surface area contributed by atoms with E-state index in [0.29, 0.717) is 0 Å². The van der Waals surface area contributed by atoms with Crippen molar-refractivity contribution in [3.63, 3.8) is 0 Å². The molecule has 1 N–H and O–H groups in total. The summed E-state index contributed by atoms with van der Waals surface area (Å²) in [4.78, 5) is 0. The van der Waals surface area contributed by atoms with Crippen molar-refractivity contribution in [3.8, 4) is 0 Å². The smallest absolute Gasteiger partial charge is 0.00722 e. The summed E-state index contributed by atoms with van der Waals surface area (Å²) in [7, 11) is 0. The summed E-state index contributed by atoms with van der Waals surface area (Å²) >= 11 is 0. The van der Waals surface area contributed by atoms with Crippen LogP contribution in [-0.2, 0) is 0 Å². The van der Waals surface area contributed by atoms with E-state index in [9.17, 15) is 0 Å². The Bertz CT molecular complexity index is 112. The van der Waals surface area contributed by atoms with Crippen LogP contribution in [-0.4, -0.2) is 12.6 Å². The van der Waals surface area contributed by atoms with E-state index in [4.69, 9.17) is 0 Å². The minimum Gasteiger partial charge on any atom is -0.314 e. The second-order valence-electron chi connectivity index (χ2n) is 4.36. The third-order valence-corrected chi connectivity index (χ3v) is 3.22. The van der Waals surface area contributed by atoms with Crippen LogP contribution in [0.5, 0.6) is 0 Å². The Labute approximate surface area is 76.9 Å². The first kappa shape index (κ1) is 10.0. The Morgan fingerprint density at radius 3 is 2.25 bits per heavy atom. The number of hydrogen-bond donors (Lipinski definition) is 1. The first-order valence-corrected chi connectivity index (χ1v) is 5.49. The Kier molecular flexibility index (Phi) is 4.07. The van der Waals surface area contributed by atoms with E-state index < -0.39 is 0 Å². The quantitative estimate of drug-likeness (QED) is 0.667. The van der Waals surface area contributed by atoms with Gasteiger partial charge < -0.3 is 5.32 Å². The summed E-state index contributed by atoms with van der Waals surface area (Å²) in [5.41, 5.74) is 0. The minimum absolute atomic E-state index is 0.848. The van der Waals surface area contributed by atoms with Gasteiger partial charge in [0.2, 0.25) is 0 Å². The van der Waals surface area contributed by atoms with Crippen LogP contribution in [0.3, 0.4) is 0 Å². The van der Waals surface area contributed by atoms with Gasteiger partial charge in [-0.05, 0) is 31.2 Å². The van der Waals surface area contributed by atoms with Crippen molar-refractivity contribution in [2.24, 2.45) is 11.8 Å². The van der Waals surface area contributed by atoms with E-state index >= 15 is 0 Å². The van der Waals surface area contributed by atoms with Crippen molar-refractivity contribution in [2.45, 2.75) is 52.5 Å². The third-order valence-electron chi connectivity index (χ3n) is 3.22. The minimum atomic E-state index is 0.848. The van der Waals surface area contributed by atoms with Gasteiger partial charge in [0.25, 0.3) is 0 Å². The third kappa shape index (κ3) is 2.78. The first-order valence-electron chi connectivity index (χ1n) is 5.49. The van der Waals surface area contributed by atoms with Gasteiger partial charge in [0, 0.05) is 6.04 Å². The highest BCUT2D eigenvalue weighted by atomic mass is 14.9. The topological polar surface area (TPSA) is 12.0 Å². The van der Waals surface area contributed by atoms with Gasteiger partial charge in [0.1, 0.15) is 0 Å². The highest BCUT2D eigenvalue weighted by molar-refractivity contribution is 4.82. The molecule has 0 unspecified atom stereocenters. The van der Waals surface area contributed by atoms with E-state index in [0.717, 1.165) is 17.9 Å². The fourth-order valence-corrected chi connectivity index (χ4v) is 1.98. The molecule has 0 aromatic rings. The Balaban J connectivity index is 2.01. The van der Waals surface area contributed by atoms with Gasteiger partial charge in [-0.15, -0.1) is 0 Å². The van der Waals surface area contributed by atoms with Crippen molar-refractivity contribution in [3.05, 3.63) is 0 Å². The lowest BCUT2D eigenvalue weighted by Crippen LogP contribution is -2.42. The van der Waals surface area contributed by atoms with Gasteiger partial charge >= 0.3 is 0 Å². The molecule has 1 nitrogen and oxygen atoms in total. The Morgan fingerprint density at radius 2 is 1.83 bits per heavy atom. The molecule has 0 heterocycles. The molecule has 1 aliphatic carbocycles. The molecule has 0 atom stereocenters. The van der Waals surface area contributed by atoms with Crippen molar-refractivity contribution in [1.82, 2.24) is 5.32 Å². The summed E-state index contributed by atoms with van der Waals surface area (Å²) in [5.74, 6) is 1.88. The maximum Gasteiger partial charge on any atom is 0.00722 e. The summed E-state index contributed by atoms with van der Waals surface area (Å²) in [5, 5.41) is 3.65. The van der Waals surface area contributed by atoms with E-state index in [-0.39, 0.29) is 0 Å². The second kappa shape index (κ2) is 4.86. The van der Waals surface area contributed by atoms with Crippen LogP contribution >= 0.6 is 0 Å². The Hall–Kier alpha value is -0.0400. The lowest BCUT2D eigenvalue weighted by atomic mass is 9.81. The van der Waals surface area contributed by atoms with Gasteiger partial charge in [-0.3, -0.25) is 0 Å². The fraction of sp³-hybridized carbons (Fsp3) is 1.00. The standard InChI is InChI=1S/C11H23N/c1-4-10(5-2)8-12-11-6-9(3)7-11/h9-12H,4-8H2,1-3H3. The molecule has 1 aliphatic rings. The number of hydrogen-bond acceptors (Lipinski definition) is 1. The first-order chi connectivity index (χ1) is 5.76. The highest BCUT2D eigenvalue weighted by Crippen LogP contribution is 2.26. The predicted molar refractivity (Wildman–Crippen MR) is 54.3 cm³/mol. The average Bonchev–Trinajstić information content (AvgIpc) is 2.03. The molecular weight excluding hydrogens is 146 g/mol. The van der Waals surface area contributed by atoms with Gasteiger partial charge in [-0.1, -0.05) is 33.6 Å². The molecule has 1 fully saturated rings. The fourth-order valence-electron chi connectivity index (χ4n) is 1.98. The van der Waals surface area contributed by atoms with Crippen LogP contribution in [0.15, 0.2) is 0 Å². The molecule has 0 amide bonds. The monoisotopic (exact) mass is 169 g/mol. The SMILES string of the molecule is CCC(CC)CNC1CC(C)C1. The molecule has 0 saturated heterocycles. The molecule has 0 aromatic heterocycles. The van der Waals surface area contributed by atoms with Crippen LogP contribution < -0.4 is 5.32 Å². The van der Waals surface area contributed by atoms with Crippen molar-refractivity contribution >= 4 is 0 Å². The zero-order chi connectivity index (χ0) is 8.97. The van der Waals surface area contributed by atoms with Crippen LogP contribution in [0.1, 0.15) is 46.5 Å². The molecule has 1 heteroatoms. The maximum atomic E-state index is 3.65. The number of rotatable bonds is 5. The summed E-state index contributed by atoms with van der Waals surface area (Å²) in [6.07, 6.45) is 5.46. The largest absolute Gasteiger partial charge is 0.314 e. The van der Waals surface area contributed by atoms with Crippen LogP contribution in [0.2, 0.25) is 0 Å². The van der Waals surface area contributed by atoms with E-state index in [2.05, 4.69) is 26.1 Å². The molecule has 1 saturated carbocycles. The average molecular weight is 169 g/mol. The molecule has 72 valence electrons. The van der Waals surface area contributed by atoms with Gasteiger partial charge in [0.15, 0.2) is 0 Å². The van der Waals surface area contributed by atoms with Crippen LogP contribution in [0, 0.1) is 11.8 Å². The van der Waals surface area contributed by atoms with E-state index in [1.165, 1.54) is 32.2 Å². The molecule has 0 aliphatic heterocycles. The highest BCUT2D eigenvalue weighted by Gasteiger charge is 2.24. The molecular formula is C11H23N. The van der Waals surface area contributed by atoms with E-state index in [1.807, 2.05) is 0 Å². The maximum absolute atomic E-state index is 3.65. The normalized spacial score (nSPS) is 29.0. The predicted octanol–water partition coefficient (Wildman–Crippen LogP) is 2.81. The zero-order valence-corrected chi connectivity index (χ0v) is 8.77. The van der Waals surface area contributed by atoms with Gasteiger partial charge in [0.05, 0.1) is 0 Å². The molecule has 12 heavy (non-hydrogen) atoms. The lowest BCUT2D eigenvalue weighted by Gasteiger charge is -2.34.